The fourth-order valence-corrected chi connectivity index (χ4v) is 3.26. The first kappa shape index (κ1) is 22.0. The van der Waals surface area contributed by atoms with Gasteiger partial charge in [0.15, 0.2) is 11.7 Å². The lowest BCUT2D eigenvalue weighted by Gasteiger charge is -2.10. The predicted molar refractivity (Wildman–Crippen MR) is 106 cm³/mol. The summed E-state index contributed by atoms with van der Waals surface area (Å²) in [7, 11) is 1.64. The molecule has 1 aromatic heterocycles. The Balaban J connectivity index is 1.75. The molecule has 0 bridgehead atoms. The van der Waals surface area contributed by atoms with Crippen molar-refractivity contribution in [3.05, 3.63) is 45.9 Å². The molecule has 2 N–H and O–H groups in total. The van der Waals surface area contributed by atoms with Gasteiger partial charge in [-0.25, -0.2) is 4.98 Å². The Bertz CT molecular complexity index is 744. The molecule has 2 aromatic rings. The van der Waals surface area contributed by atoms with Crippen LogP contribution in [-0.4, -0.2) is 37.7 Å². The van der Waals surface area contributed by atoms with Crippen molar-refractivity contribution in [1.29, 1.82) is 0 Å². The van der Waals surface area contributed by atoms with Gasteiger partial charge in [-0.1, -0.05) is 12.1 Å². The second-order valence-electron chi connectivity index (χ2n) is 6.01. The zero-order chi connectivity index (χ0) is 20.4. The van der Waals surface area contributed by atoms with Crippen molar-refractivity contribution in [1.82, 2.24) is 15.6 Å². The van der Waals surface area contributed by atoms with Gasteiger partial charge in [0, 0.05) is 31.4 Å². The van der Waals surface area contributed by atoms with E-state index in [9.17, 15) is 13.2 Å². The zero-order valence-corrected chi connectivity index (χ0v) is 16.8. The van der Waals surface area contributed by atoms with Crippen molar-refractivity contribution in [2.24, 2.45) is 4.99 Å². The van der Waals surface area contributed by atoms with E-state index in [0.717, 1.165) is 35.3 Å². The smallest absolute Gasteiger partial charge is 0.434 e. The number of alkyl halides is 3. The molecule has 9 heteroatoms. The van der Waals surface area contributed by atoms with E-state index in [1.807, 2.05) is 31.2 Å². The Kier molecular flexibility index (Phi) is 8.56. The normalized spacial score (nSPS) is 12.1. The molecular weight excluding hydrogens is 389 g/mol. The molecule has 154 valence electrons. The lowest BCUT2D eigenvalue weighted by atomic mass is 10.1. The van der Waals surface area contributed by atoms with E-state index < -0.39 is 11.9 Å². The molecule has 0 aliphatic carbocycles. The molecular formula is C19H25F3N4OS. The highest BCUT2D eigenvalue weighted by Gasteiger charge is 2.33. The highest BCUT2D eigenvalue weighted by Crippen LogP contribution is 2.29. The Morgan fingerprint density at radius 2 is 1.93 bits per heavy atom. The topological polar surface area (TPSA) is 58.5 Å². The van der Waals surface area contributed by atoms with Gasteiger partial charge in [-0.3, -0.25) is 4.99 Å². The molecule has 0 spiro atoms. The van der Waals surface area contributed by atoms with Gasteiger partial charge in [0.1, 0.15) is 5.75 Å². The second kappa shape index (κ2) is 10.9. The summed E-state index contributed by atoms with van der Waals surface area (Å²) in [6.07, 6.45) is -2.17. The molecule has 0 atom stereocenters. The molecule has 0 saturated heterocycles. The van der Waals surface area contributed by atoms with Gasteiger partial charge >= 0.3 is 6.18 Å². The lowest BCUT2D eigenvalue weighted by Crippen LogP contribution is -2.38. The highest BCUT2D eigenvalue weighted by atomic mass is 32.1. The summed E-state index contributed by atoms with van der Waals surface area (Å²) in [5, 5.41) is 7.78. The first-order chi connectivity index (χ1) is 13.4. The Morgan fingerprint density at radius 1 is 1.18 bits per heavy atom. The lowest BCUT2D eigenvalue weighted by molar-refractivity contribution is -0.140. The second-order valence-corrected chi connectivity index (χ2v) is 6.96. The summed E-state index contributed by atoms with van der Waals surface area (Å²) in [4.78, 5) is 8.14. The number of nitrogens with zero attached hydrogens (tertiary/aromatic N) is 2. The number of nitrogens with one attached hydrogen (secondary N) is 2. The van der Waals surface area contributed by atoms with Crippen LogP contribution in [0.4, 0.5) is 13.2 Å². The van der Waals surface area contributed by atoms with Crippen molar-refractivity contribution in [3.8, 4) is 5.75 Å². The number of guanidine groups is 1. The van der Waals surface area contributed by atoms with E-state index in [1.54, 1.807) is 7.11 Å². The molecule has 0 saturated carbocycles. The average molecular weight is 414 g/mol. The zero-order valence-electron chi connectivity index (χ0n) is 16.0. The summed E-state index contributed by atoms with van der Waals surface area (Å²) in [5.41, 5.74) is 0.393. The summed E-state index contributed by atoms with van der Waals surface area (Å²) < 4.78 is 42.9. The fourth-order valence-electron chi connectivity index (χ4n) is 2.45. The molecule has 0 aliphatic heterocycles. The minimum Gasteiger partial charge on any atom is -0.497 e. The number of hydrogen-bond donors (Lipinski definition) is 2. The Labute approximate surface area is 167 Å². The molecule has 1 aromatic carbocycles. The van der Waals surface area contributed by atoms with Crippen molar-refractivity contribution in [3.63, 3.8) is 0 Å². The minimum absolute atomic E-state index is 0.414. The van der Waals surface area contributed by atoms with Crippen molar-refractivity contribution in [2.75, 3.05) is 26.7 Å². The molecule has 0 fully saturated rings. The number of rotatable bonds is 9. The van der Waals surface area contributed by atoms with Crippen molar-refractivity contribution in [2.45, 2.75) is 32.4 Å². The molecule has 0 unspecified atom stereocenters. The molecule has 0 radical (unpaired) electrons. The van der Waals surface area contributed by atoms with Crippen molar-refractivity contribution < 1.29 is 17.9 Å². The van der Waals surface area contributed by atoms with Gasteiger partial charge in [-0.2, -0.15) is 13.2 Å². The number of hydrogen-bond acceptors (Lipinski definition) is 4. The molecule has 0 aliphatic rings. The molecule has 2 rings (SSSR count). The molecule has 28 heavy (non-hydrogen) atoms. The van der Waals surface area contributed by atoms with Crippen LogP contribution >= 0.6 is 11.3 Å². The number of ether oxygens (including phenoxy) is 1. The Hall–Kier alpha value is -2.29. The number of aryl methyl sites for hydroxylation is 1. The third-order valence-corrected chi connectivity index (χ3v) is 4.78. The molecule has 1 heterocycles. The van der Waals surface area contributed by atoms with Gasteiger partial charge in [0.05, 0.1) is 12.1 Å². The van der Waals surface area contributed by atoms with Crippen LogP contribution < -0.4 is 15.4 Å². The number of aliphatic imine (C=N–C) groups is 1. The average Bonchev–Trinajstić information content (AvgIpc) is 3.15. The first-order valence-electron chi connectivity index (χ1n) is 9.09. The van der Waals surface area contributed by atoms with Crippen LogP contribution in [0.25, 0.3) is 0 Å². The van der Waals surface area contributed by atoms with Crippen LogP contribution in [-0.2, 0) is 19.0 Å². The number of benzene rings is 1. The number of methoxy groups -OCH3 is 1. The largest absolute Gasteiger partial charge is 0.497 e. The van der Waals surface area contributed by atoms with E-state index in [0.29, 0.717) is 37.0 Å². The summed E-state index contributed by atoms with van der Waals surface area (Å²) in [6, 6.07) is 7.95. The predicted octanol–water partition coefficient (Wildman–Crippen LogP) is 3.90. The van der Waals surface area contributed by atoms with E-state index in [4.69, 9.17) is 4.74 Å². The molecule has 5 nitrogen and oxygen atoms in total. The van der Waals surface area contributed by atoms with E-state index >= 15 is 0 Å². The third-order valence-electron chi connectivity index (χ3n) is 3.87. The van der Waals surface area contributed by atoms with E-state index in [-0.39, 0.29) is 0 Å². The quantitative estimate of drug-likeness (QED) is 0.371. The van der Waals surface area contributed by atoms with E-state index in [2.05, 4.69) is 20.6 Å². The van der Waals surface area contributed by atoms with Gasteiger partial charge in [-0.15, -0.1) is 11.3 Å². The van der Waals surface area contributed by atoms with E-state index in [1.165, 1.54) is 5.56 Å². The standard InChI is InChI=1S/C19H25F3N4OS/c1-3-23-18(24-11-4-5-14-6-8-15(27-2)9-7-14)25-12-10-17-26-16(13-28-17)19(20,21)22/h6-9,13H,3-5,10-12H2,1-2H3,(H2,23,24,25). The van der Waals surface area contributed by atoms with Gasteiger partial charge in [0.25, 0.3) is 0 Å². The maximum absolute atomic E-state index is 12.6. The number of halogens is 3. The van der Waals surface area contributed by atoms with Crippen LogP contribution in [0, 0.1) is 0 Å². The van der Waals surface area contributed by atoms with Crippen LogP contribution in [0.15, 0.2) is 34.6 Å². The summed E-state index contributed by atoms with van der Waals surface area (Å²) in [5.74, 6) is 1.49. The van der Waals surface area contributed by atoms with Gasteiger partial charge in [0.2, 0.25) is 0 Å². The third kappa shape index (κ3) is 7.38. The molecule has 0 amide bonds. The van der Waals surface area contributed by atoms with Crippen LogP contribution in [0.5, 0.6) is 5.75 Å². The van der Waals surface area contributed by atoms with Crippen molar-refractivity contribution >= 4 is 17.3 Å². The monoisotopic (exact) mass is 414 g/mol. The Morgan fingerprint density at radius 3 is 2.54 bits per heavy atom. The SMILES string of the molecule is CCNC(=NCCCc1ccc(OC)cc1)NCCc1nc(C(F)(F)F)cs1. The highest BCUT2D eigenvalue weighted by molar-refractivity contribution is 7.09. The summed E-state index contributed by atoms with van der Waals surface area (Å²) >= 11 is 1.02. The minimum atomic E-state index is -4.39. The maximum atomic E-state index is 12.6. The van der Waals surface area contributed by atoms with Gasteiger partial charge < -0.3 is 15.4 Å². The maximum Gasteiger partial charge on any atom is 0.434 e. The number of thiazole rings is 1. The summed E-state index contributed by atoms with van der Waals surface area (Å²) in [6.45, 7) is 3.79. The van der Waals surface area contributed by atoms with Crippen LogP contribution in [0.1, 0.15) is 29.6 Å². The first-order valence-corrected chi connectivity index (χ1v) is 9.97. The van der Waals surface area contributed by atoms with Crippen LogP contribution in [0.3, 0.4) is 0 Å². The number of aromatic nitrogens is 1. The van der Waals surface area contributed by atoms with Crippen LogP contribution in [0.2, 0.25) is 0 Å². The van der Waals surface area contributed by atoms with Gasteiger partial charge in [-0.05, 0) is 37.5 Å². The fraction of sp³-hybridized carbons (Fsp3) is 0.474.